The van der Waals surface area contributed by atoms with Gasteiger partial charge in [-0.3, -0.25) is 0 Å². The van der Waals surface area contributed by atoms with Crippen LogP contribution in [0.1, 0.15) is 0 Å². The van der Waals surface area contributed by atoms with E-state index in [0.29, 0.717) is 17.0 Å². The van der Waals surface area contributed by atoms with E-state index in [1.807, 2.05) is 0 Å². The molecule has 1 aromatic rings. The monoisotopic (exact) mass is 134 g/mol. The van der Waals surface area contributed by atoms with Crippen LogP contribution in [0.2, 0.25) is 0 Å². The number of nitrogens with two attached hydrogens (primary N) is 1. The van der Waals surface area contributed by atoms with Crippen molar-refractivity contribution in [3.05, 3.63) is 12.3 Å². The Bertz CT molecular complexity index is 239. The molecule has 50 valence electrons. The first-order valence-corrected chi connectivity index (χ1v) is 2.79. The van der Waals surface area contributed by atoms with E-state index in [0.717, 1.165) is 0 Å². The molecule has 0 unspecified atom stereocenters. The summed E-state index contributed by atoms with van der Waals surface area (Å²) in [6, 6.07) is 1.60. The second kappa shape index (κ2) is 2.60. The maximum atomic E-state index is 5.46. The van der Waals surface area contributed by atoms with Gasteiger partial charge in [-0.15, -0.1) is 0 Å². The Balaban J connectivity index is 3.07. The number of anilines is 1. The van der Waals surface area contributed by atoms with Crippen LogP contribution in [0.5, 0.6) is 5.88 Å². The van der Waals surface area contributed by atoms with Gasteiger partial charge in [0.1, 0.15) is 7.85 Å². The molecular formula is C6H7BN2O. The first-order chi connectivity index (χ1) is 4.74. The lowest BCUT2D eigenvalue weighted by molar-refractivity contribution is 0.400. The van der Waals surface area contributed by atoms with Crippen LogP contribution in [-0.4, -0.2) is 19.9 Å². The quantitative estimate of drug-likeness (QED) is 0.525. The molecule has 3 nitrogen and oxygen atoms in total. The fraction of sp³-hybridized carbons (Fsp3) is 0.167. The average Bonchev–Trinajstić information content (AvgIpc) is 1.88. The van der Waals surface area contributed by atoms with Crippen LogP contribution in [-0.2, 0) is 0 Å². The van der Waals surface area contributed by atoms with E-state index in [4.69, 9.17) is 18.3 Å². The summed E-state index contributed by atoms with van der Waals surface area (Å²) in [5.41, 5.74) is 6.47. The predicted molar refractivity (Wildman–Crippen MR) is 40.6 cm³/mol. The Morgan fingerprint density at radius 1 is 1.70 bits per heavy atom. The van der Waals surface area contributed by atoms with Crippen LogP contribution < -0.4 is 15.9 Å². The van der Waals surface area contributed by atoms with Crippen LogP contribution in [0.3, 0.4) is 0 Å². The van der Waals surface area contributed by atoms with E-state index in [2.05, 4.69) is 4.98 Å². The zero-order valence-electron chi connectivity index (χ0n) is 5.66. The standard InChI is InChI=1S/C6H7BN2O/c1-10-6-5(8)2-4(7)3-9-6/h2-3H,8H2,1H3. The van der Waals surface area contributed by atoms with Crippen LogP contribution in [0.25, 0.3) is 0 Å². The van der Waals surface area contributed by atoms with Crippen LogP contribution in [0, 0.1) is 0 Å². The molecule has 0 aromatic carbocycles. The number of aromatic nitrogens is 1. The summed E-state index contributed by atoms with van der Waals surface area (Å²) in [6.45, 7) is 0. The van der Waals surface area contributed by atoms with Gasteiger partial charge >= 0.3 is 0 Å². The normalized spacial score (nSPS) is 9.30. The molecule has 2 radical (unpaired) electrons. The molecule has 0 spiro atoms. The van der Waals surface area contributed by atoms with Crippen molar-refractivity contribution < 1.29 is 4.74 Å². The minimum absolute atomic E-state index is 0.411. The molecule has 0 saturated heterocycles. The molecule has 1 rings (SSSR count). The number of nitrogen functional groups attached to an aromatic ring is 1. The van der Waals surface area contributed by atoms with Crippen molar-refractivity contribution in [1.82, 2.24) is 4.98 Å². The Hall–Kier alpha value is -1.19. The molecule has 0 aliphatic carbocycles. The van der Waals surface area contributed by atoms with Crippen LogP contribution in [0.15, 0.2) is 12.3 Å². The highest BCUT2D eigenvalue weighted by Crippen LogP contribution is 2.12. The Labute approximate surface area is 60.6 Å². The molecule has 10 heavy (non-hydrogen) atoms. The van der Waals surface area contributed by atoms with E-state index in [-0.39, 0.29) is 0 Å². The summed E-state index contributed by atoms with van der Waals surface area (Å²) in [5, 5.41) is 0. The molecule has 4 heteroatoms. The molecule has 0 amide bonds. The van der Waals surface area contributed by atoms with Gasteiger partial charge in [0.15, 0.2) is 0 Å². The van der Waals surface area contributed by atoms with Crippen LogP contribution in [0.4, 0.5) is 5.69 Å². The van der Waals surface area contributed by atoms with Gasteiger partial charge in [-0.2, -0.15) is 0 Å². The summed E-state index contributed by atoms with van der Waals surface area (Å²) in [4.78, 5) is 3.82. The molecule has 0 fully saturated rings. The smallest absolute Gasteiger partial charge is 0.236 e. The maximum Gasteiger partial charge on any atom is 0.236 e. The summed E-state index contributed by atoms with van der Waals surface area (Å²) >= 11 is 0. The van der Waals surface area contributed by atoms with Gasteiger partial charge in [0.05, 0.1) is 12.8 Å². The highest BCUT2D eigenvalue weighted by atomic mass is 16.5. The second-order valence-electron chi connectivity index (χ2n) is 1.87. The zero-order valence-corrected chi connectivity index (χ0v) is 5.66. The third-order valence-electron chi connectivity index (χ3n) is 1.09. The lowest BCUT2D eigenvalue weighted by atomic mass is 9.99. The number of rotatable bonds is 1. The van der Waals surface area contributed by atoms with E-state index >= 15 is 0 Å². The van der Waals surface area contributed by atoms with Gasteiger partial charge in [-0.25, -0.2) is 4.98 Å². The van der Waals surface area contributed by atoms with Gasteiger partial charge in [0, 0.05) is 6.20 Å². The van der Waals surface area contributed by atoms with E-state index in [9.17, 15) is 0 Å². The number of hydrogen-bond donors (Lipinski definition) is 1. The Kier molecular flexibility index (Phi) is 1.80. The first-order valence-electron chi connectivity index (χ1n) is 2.79. The zero-order chi connectivity index (χ0) is 7.56. The minimum atomic E-state index is 0.411. The summed E-state index contributed by atoms with van der Waals surface area (Å²) in [6.07, 6.45) is 1.50. The van der Waals surface area contributed by atoms with Crippen molar-refractivity contribution in [2.45, 2.75) is 0 Å². The molecule has 0 atom stereocenters. The Morgan fingerprint density at radius 3 is 2.90 bits per heavy atom. The molecular weight excluding hydrogens is 127 g/mol. The van der Waals surface area contributed by atoms with Gasteiger partial charge in [0.2, 0.25) is 5.88 Å². The highest BCUT2D eigenvalue weighted by Gasteiger charge is 1.97. The van der Waals surface area contributed by atoms with E-state index in [1.54, 1.807) is 6.07 Å². The number of pyridine rings is 1. The van der Waals surface area contributed by atoms with Gasteiger partial charge in [-0.05, 0) is 6.07 Å². The van der Waals surface area contributed by atoms with Crippen molar-refractivity contribution >= 4 is 19.0 Å². The van der Waals surface area contributed by atoms with E-state index in [1.165, 1.54) is 13.3 Å². The van der Waals surface area contributed by atoms with Gasteiger partial charge in [0.25, 0.3) is 0 Å². The molecule has 0 aliphatic rings. The third-order valence-corrected chi connectivity index (χ3v) is 1.09. The van der Waals surface area contributed by atoms with Crippen molar-refractivity contribution in [2.24, 2.45) is 0 Å². The largest absolute Gasteiger partial charge is 0.480 e. The first kappa shape index (κ1) is 6.93. The van der Waals surface area contributed by atoms with Crippen LogP contribution >= 0.6 is 0 Å². The maximum absolute atomic E-state index is 5.46. The molecule has 2 N–H and O–H groups in total. The SMILES string of the molecule is [B]c1cnc(OC)c(N)c1. The topological polar surface area (TPSA) is 48.1 Å². The molecule has 1 aromatic heterocycles. The van der Waals surface area contributed by atoms with Gasteiger partial charge in [-0.1, -0.05) is 5.46 Å². The molecule has 1 heterocycles. The molecule has 0 aliphatic heterocycles. The number of methoxy groups -OCH3 is 1. The average molecular weight is 134 g/mol. The van der Waals surface area contributed by atoms with Crippen molar-refractivity contribution in [3.63, 3.8) is 0 Å². The highest BCUT2D eigenvalue weighted by molar-refractivity contribution is 6.32. The van der Waals surface area contributed by atoms with Crippen molar-refractivity contribution in [3.8, 4) is 5.88 Å². The van der Waals surface area contributed by atoms with Crippen molar-refractivity contribution in [1.29, 1.82) is 0 Å². The fourth-order valence-corrected chi connectivity index (χ4v) is 0.657. The van der Waals surface area contributed by atoms with Gasteiger partial charge < -0.3 is 10.5 Å². The fourth-order valence-electron chi connectivity index (χ4n) is 0.657. The third kappa shape index (κ3) is 1.21. The lowest BCUT2D eigenvalue weighted by Crippen LogP contribution is -2.06. The minimum Gasteiger partial charge on any atom is -0.480 e. The van der Waals surface area contributed by atoms with Crippen molar-refractivity contribution in [2.75, 3.05) is 12.8 Å². The Morgan fingerprint density at radius 2 is 2.40 bits per heavy atom. The second-order valence-corrected chi connectivity index (χ2v) is 1.87. The number of ether oxygens (including phenoxy) is 1. The summed E-state index contributed by atoms with van der Waals surface area (Å²) in [5.74, 6) is 0.411. The molecule has 0 saturated carbocycles. The predicted octanol–water partition coefficient (Wildman–Crippen LogP) is -0.534. The van der Waals surface area contributed by atoms with E-state index < -0.39 is 0 Å². The number of nitrogens with zero attached hydrogens (tertiary/aromatic N) is 1. The summed E-state index contributed by atoms with van der Waals surface area (Å²) < 4.78 is 4.81. The number of hydrogen-bond acceptors (Lipinski definition) is 3. The lowest BCUT2D eigenvalue weighted by Gasteiger charge is -2.01. The summed E-state index contributed by atoms with van der Waals surface area (Å²) in [7, 11) is 6.89. The molecule has 0 bridgehead atoms.